The second-order valence-electron chi connectivity index (χ2n) is 12.8. The Morgan fingerprint density at radius 2 is 1.18 bits per heavy atom. The summed E-state index contributed by atoms with van der Waals surface area (Å²) in [5, 5.41) is 3.22. The van der Waals surface area contributed by atoms with Gasteiger partial charge in [0.05, 0.1) is 21.6 Å². The molecule has 1 aliphatic rings. The van der Waals surface area contributed by atoms with E-state index in [9.17, 15) is 0 Å². The van der Waals surface area contributed by atoms with Crippen LogP contribution in [0.3, 0.4) is 0 Å². The van der Waals surface area contributed by atoms with E-state index >= 15 is 0 Å². The molecule has 1 atom stereocenters. The number of aromatic nitrogens is 3. The Labute approximate surface area is 297 Å². The number of hydrogen-bond donors (Lipinski definition) is 0. The lowest BCUT2D eigenvalue weighted by molar-refractivity contribution is 0.631. The number of thiazole rings is 1. The molecule has 0 amide bonds. The van der Waals surface area contributed by atoms with Crippen LogP contribution in [0.1, 0.15) is 23.0 Å². The minimum absolute atomic E-state index is 0.105. The molecule has 51 heavy (non-hydrogen) atoms. The summed E-state index contributed by atoms with van der Waals surface area (Å²) in [7, 11) is 0. The number of nitrogens with zero attached hydrogens (tertiary/aromatic N) is 3. The third-order valence-corrected chi connectivity index (χ3v) is 10.6. The van der Waals surface area contributed by atoms with E-state index < -0.39 is 0 Å². The lowest BCUT2D eigenvalue weighted by Gasteiger charge is -2.17. The fraction of sp³-hybridized carbons (Fsp3) is 0.0444. The molecule has 0 radical (unpaired) electrons. The molecule has 6 heteroatoms. The van der Waals surface area contributed by atoms with Crippen LogP contribution in [0.25, 0.3) is 83.0 Å². The number of hydrogen-bond acceptors (Lipinski definition) is 6. The third-order valence-electron chi connectivity index (χ3n) is 9.51. The van der Waals surface area contributed by atoms with Gasteiger partial charge in [-0.1, -0.05) is 115 Å². The van der Waals surface area contributed by atoms with Crippen LogP contribution < -0.4 is 0 Å². The van der Waals surface area contributed by atoms with Crippen LogP contribution in [0.4, 0.5) is 0 Å². The van der Waals surface area contributed by atoms with E-state index in [1.54, 1.807) is 11.3 Å². The first-order chi connectivity index (χ1) is 25.2. The summed E-state index contributed by atoms with van der Waals surface area (Å²) in [6, 6.07) is 47.5. The highest BCUT2D eigenvalue weighted by Crippen LogP contribution is 2.37. The molecular weight excluding hydrogens is 647 g/mol. The van der Waals surface area contributed by atoms with Crippen LogP contribution in [-0.4, -0.2) is 15.0 Å². The van der Waals surface area contributed by atoms with Crippen molar-refractivity contribution in [3.8, 4) is 45.3 Å². The second-order valence-corrected chi connectivity index (χ2v) is 13.8. The maximum absolute atomic E-state index is 6.14. The molecule has 0 saturated heterocycles. The van der Waals surface area contributed by atoms with Gasteiger partial charge in [0.2, 0.25) is 0 Å². The molecule has 0 spiro atoms. The number of benzene rings is 5. The van der Waals surface area contributed by atoms with E-state index in [2.05, 4.69) is 115 Å². The zero-order chi connectivity index (χ0) is 33.7. The summed E-state index contributed by atoms with van der Waals surface area (Å²) in [4.78, 5) is 15.2. The van der Waals surface area contributed by atoms with Gasteiger partial charge in [-0.25, -0.2) is 15.0 Å². The van der Waals surface area contributed by atoms with Crippen LogP contribution in [-0.2, 0) is 0 Å². The minimum atomic E-state index is 0.105. The highest BCUT2D eigenvalue weighted by atomic mass is 32.1. The van der Waals surface area contributed by atoms with Crippen molar-refractivity contribution in [3.05, 3.63) is 168 Å². The van der Waals surface area contributed by atoms with Gasteiger partial charge in [-0.05, 0) is 48.9 Å². The molecule has 10 rings (SSSR count). The lowest BCUT2D eigenvalue weighted by atomic mass is 9.92. The van der Waals surface area contributed by atoms with Gasteiger partial charge < -0.3 is 8.83 Å². The van der Waals surface area contributed by atoms with E-state index in [1.165, 1.54) is 4.70 Å². The number of allylic oxidation sites excluding steroid dienone is 4. The SMILES string of the molecule is C1=CC(c2cc(-c3ccc(-c4cc5ccccc5o4)cc3)nc(-c3ccc(-c4cc5ccccc5o4)cc3)n2)CC=C1c1nc2ccccc2s1. The summed E-state index contributed by atoms with van der Waals surface area (Å²) >= 11 is 1.73. The molecular formula is C45H29N3O2S. The first kappa shape index (κ1) is 29.5. The zero-order valence-corrected chi connectivity index (χ0v) is 28.2. The van der Waals surface area contributed by atoms with Gasteiger partial charge in [-0.2, -0.15) is 0 Å². The number of rotatable bonds is 6. The molecule has 0 N–H and O–H groups in total. The van der Waals surface area contributed by atoms with E-state index in [0.29, 0.717) is 5.82 Å². The minimum Gasteiger partial charge on any atom is -0.456 e. The molecule has 5 aromatic carbocycles. The Bertz CT molecular complexity index is 2550. The molecule has 0 aliphatic heterocycles. The molecule has 0 bridgehead atoms. The van der Waals surface area contributed by atoms with Gasteiger partial charge in [0.15, 0.2) is 5.82 Å². The van der Waals surface area contributed by atoms with E-state index in [4.69, 9.17) is 23.8 Å². The average Bonchev–Trinajstić information content (AvgIpc) is 3.95. The maximum Gasteiger partial charge on any atom is 0.160 e. The Balaban J connectivity index is 0.998. The van der Waals surface area contributed by atoms with Crippen LogP contribution in [0.5, 0.6) is 0 Å². The van der Waals surface area contributed by atoms with Crippen molar-refractivity contribution in [3.63, 3.8) is 0 Å². The summed E-state index contributed by atoms with van der Waals surface area (Å²) in [6.07, 6.45) is 7.56. The zero-order valence-electron chi connectivity index (χ0n) is 27.4. The van der Waals surface area contributed by atoms with Gasteiger partial charge in [0, 0.05) is 44.5 Å². The fourth-order valence-corrected chi connectivity index (χ4v) is 7.75. The summed E-state index contributed by atoms with van der Waals surface area (Å²) in [6.45, 7) is 0. The van der Waals surface area contributed by atoms with Crippen molar-refractivity contribution in [2.75, 3.05) is 0 Å². The largest absolute Gasteiger partial charge is 0.456 e. The van der Waals surface area contributed by atoms with Crippen molar-refractivity contribution in [2.24, 2.45) is 0 Å². The van der Waals surface area contributed by atoms with Gasteiger partial charge in [-0.3, -0.25) is 0 Å². The van der Waals surface area contributed by atoms with Crippen LogP contribution in [0, 0.1) is 0 Å². The molecule has 4 aromatic heterocycles. The van der Waals surface area contributed by atoms with Crippen molar-refractivity contribution < 1.29 is 8.83 Å². The molecule has 9 aromatic rings. The Morgan fingerprint density at radius 1 is 0.569 bits per heavy atom. The lowest BCUT2D eigenvalue weighted by Crippen LogP contribution is -2.05. The van der Waals surface area contributed by atoms with Gasteiger partial charge in [0.25, 0.3) is 0 Å². The van der Waals surface area contributed by atoms with Crippen molar-refractivity contribution in [2.45, 2.75) is 12.3 Å². The Hall–Kier alpha value is -6.37. The molecule has 5 nitrogen and oxygen atoms in total. The molecule has 4 heterocycles. The first-order valence-electron chi connectivity index (χ1n) is 17.0. The predicted octanol–water partition coefficient (Wildman–Crippen LogP) is 12.4. The molecule has 0 saturated carbocycles. The third kappa shape index (κ3) is 5.56. The summed E-state index contributed by atoms with van der Waals surface area (Å²) < 4.78 is 13.5. The standard InChI is InChI=1S/C45H29N3O2S/c1-4-10-39-34(7-1)25-41(49-39)30-17-13-28(14-18-30)37-27-38(29-15-23-33(24-16-29)45-48-36-9-3-6-12-43(36)51-45)47-44(46-37)32-21-19-31(20-22-32)42-26-35-8-2-5-11-40(35)50-42/h1-15,17-27,29H,16H2. The number of furan rings is 2. The monoisotopic (exact) mass is 675 g/mol. The smallest absolute Gasteiger partial charge is 0.160 e. The van der Waals surface area contributed by atoms with Crippen LogP contribution in [0.15, 0.2) is 167 Å². The van der Waals surface area contributed by atoms with E-state index in [1.807, 2.05) is 42.5 Å². The average molecular weight is 676 g/mol. The van der Waals surface area contributed by atoms with Crippen LogP contribution in [0.2, 0.25) is 0 Å². The highest BCUT2D eigenvalue weighted by molar-refractivity contribution is 7.19. The van der Waals surface area contributed by atoms with Crippen molar-refractivity contribution in [1.82, 2.24) is 15.0 Å². The van der Waals surface area contributed by atoms with Gasteiger partial charge >= 0.3 is 0 Å². The number of para-hydroxylation sites is 3. The molecule has 242 valence electrons. The van der Waals surface area contributed by atoms with Gasteiger partial charge in [0.1, 0.15) is 27.7 Å². The normalized spacial score (nSPS) is 14.4. The Kier molecular flexibility index (Phi) is 7.06. The molecule has 0 fully saturated rings. The predicted molar refractivity (Wildman–Crippen MR) is 207 cm³/mol. The maximum atomic E-state index is 6.14. The van der Waals surface area contributed by atoms with E-state index in [-0.39, 0.29) is 5.92 Å². The summed E-state index contributed by atoms with van der Waals surface area (Å²) in [5.41, 5.74) is 9.81. The number of fused-ring (bicyclic) bond motifs is 3. The van der Waals surface area contributed by atoms with Crippen molar-refractivity contribution >= 4 is 49.1 Å². The highest BCUT2D eigenvalue weighted by Gasteiger charge is 2.19. The molecule has 1 aliphatic carbocycles. The summed E-state index contributed by atoms with van der Waals surface area (Å²) in [5.74, 6) is 2.48. The van der Waals surface area contributed by atoms with Gasteiger partial charge in [-0.15, -0.1) is 11.3 Å². The molecule has 1 unspecified atom stereocenters. The Morgan fingerprint density at radius 3 is 1.80 bits per heavy atom. The quantitative estimate of drug-likeness (QED) is 0.175. The second kappa shape index (κ2) is 12.2. The van der Waals surface area contributed by atoms with Crippen molar-refractivity contribution in [1.29, 1.82) is 0 Å². The first-order valence-corrected chi connectivity index (χ1v) is 17.8. The van der Waals surface area contributed by atoms with Crippen LogP contribution >= 0.6 is 11.3 Å². The van der Waals surface area contributed by atoms with E-state index in [0.717, 1.165) is 89.6 Å². The topological polar surface area (TPSA) is 65.0 Å². The fourth-order valence-electron chi connectivity index (χ4n) is 6.76.